The lowest BCUT2D eigenvalue weighted by Gasteiger charge is -2.09. The summed E-state index contributed by atoms with van der Waals surface area (Å²) < 4.78 is 5.23. The number of pyridine rings is 1. The Morgan fingerprint density at radius 3 is 2.59 bits per heavy atom. The van der Waals surface area contributed by atoms with Gasteiger partial charge in [-0.05, 0) is 54.7 Å². The van der Waals surface area contributed by atoms with Crippen molar-refractivity contribution >= 4 is 11.6 Å². The van der Waals surface area contributed by atoms with Crippen LogP contribution in [0.25, 0.3) is 0 Å². The summed E-state index contributed by atoms with van der Waals surface area (Å²) in [6.45, 7) is 1.39. The quantitative estimate of drug-likeness (QED) is 0.512. The zero-order valence-corrected chi connectivity index (χ0v) is 16.7. The van der Waals surface area contributed by atoms with E-state index in [1.165, 1.54) is 5.56 Å². The van der Waals surface area contributed by atoms with Gasteiger partial charge in [0, 0.05) is 25.0 Å². The average Bonchev–Trinajstić information content (AvgIpc) is 2.78. The molecular formula is C24H27N3O2. The summed E-state index contributed by atoms with van der Waals surface area (Å²) in [7, 11) is 1.65. The van der Waals surface area contributed by atoms with Gasteiger partial charge in [-0.3, -0.25) is 9.78 Å². The predicted octanol–water partition coefficient (Wildman–Crippen LogP) is 4.11. The van der Waals surface area contributed by atoms with Crippen LogP contribution in [0.2, 0.25) is 0 Å². The molecule has 0 fully saturated rings. The number of ether oxygens (including phenoxy) is 1. The van der Waals surface area contributed by atoms with Crippen molar-refractivity contribution < 1.29 is 9.53 Å². The lowest BCUT2D eigenvalue weighted by molar-refractivity contribution is 0.0949. The summed E-state index contributed by atoms with van der Waals surface area (Å²) in [5.41, 5.74) is 3.78. The Morgan fingerprint density at radius 2 is 1.76 bits per heavy atom. The van der Waals surface area contributed by atoms with Crippen LogP contribution in [0.15, 0.2) is 72.9 Å². The minimum Gasteiger partial charge on any atom is -0.497 e. The van der Waals surface area contributed by atoms with Gasteiger partial charge < -0.3 is 15.4 Å². The van der Waals surface area contributed by atoms with Crippen LogP contribution < -0.4 is 15.4 Å². The highest BCUT2D eigenvalue weighted by Gasteiger charge is 2.07. The van der Waals surface area contributed by atoms with Crippen LogP contribution in [-0.4, -0.2) is 31.1 Å². The fourth-order valence-corrected chi connectivity index (χ4v) is 3.07. The van der Waals surface area contributed by atoms with Crippen molar-refractivity contribution in [2.24, 2.45) is 0 Å². The summed E-state index contributed by atoms with van der Waals surface area (Å²) in [6, 6.07) is 22.0. The van der Waals surface area contributed by atoms with Gasteiger partial charge in [0.25, 0.3) is 5.91 Å². The lowest BCUT2D eigenvalue weighted by Crippen LogP contribution is -2.26. The predicted molar refractivity (Wildman–Crippen MR) is 117 cm³/mol. The Balaban J connectivity index is 1.43. The summed E-state index contributed by atoms with van der Waals surface area (Å²) in [5, 5.41) is 6.30. The number of carbonyl (C=O) groups excluding carboxylic acids is 1. The van der Waals surface area contributed by atoms with Crippen LogP contribution in [0, 0.1) is 0 Å². The number of aryl methyl sites for hydroxylation is 1. The van der Waals surface area contributed by atoms with Crippen molar-refractivity contribution in [1.82, 2.24) is 10.3 Å². The molecule has 1 amide bonds. The van der Waals surface area contributed by atoms with Crippen LogP contribution in [0.1, 0.15) is 28.0 Å². The van der Waals surface area contributed by atoms with Gasteiger partial charge >= 0.3 is 0 Å². The molecule has 5 nitrogen and oxygen atoms in total. The molecule has 0 aliphatic heterocycles. The minimum absolute atomic E-state index is 0.166. The molecule has 0 aliphatic carbocycles. The minimum atomic E-state index is -0.166. The van der Waals surface area contributed by atoms with Crippen LogP contribution in [0.3, 0.4) is 0 Å². The zero-order chi connectivity index (χ0) is 20.3. The molecule has 0 saturated heterocycles. The molecule has 150 valence electrons. The van der Waals surface area contributed by atoms with Crippen molar-refractivity contribution in [3.8, 4) is 5.75 Å². The molecule has 0 radical (unpaired) electrons. The monoisotopic (exact) mass is 389 g/mol. The van der Waals surface area contributed by atoms with E-state index < -0.39 is 0 Å². The standard InChI is InChI=1S/C24H27N3O2/c1-29-22-11-5-9-20(17-22)12-15-27-24(28)23-18-21(13-16-26-23)25-14-6-10-19-7-3-2-4-8-19/h2-5,7-9,11,13,16-18H,6,10,12,14-15H2,1H3,(H,25,26)(H,27,28). The second-order valence-corrected chi connectivity index (χ2v) is 6.80. The largest absolute Gasteiger partial charge is 0.497 e. The third-order valence-electron chi connectivity index (χ3n) is 4.64. The maximum absolute atomic E-state index is 12.4. The van der Waals surface area contributed by atoms with Gasteiger partial charge in [0.15, 0.2) is 0 Å². The van der Waals surface area contributed by atoms with Crippen LogP contribution in [0.4, 0.5) is 5.69 Å². The second kappa shape index (κ2) is 10.9. The highest BCUT2D eigenvalue weighted by Crippen LogP contribution is 2.13. The van der Waals surface area contributed by atoms with Crippen molar-refractivity contribution in [3.05, 3.63) is 89.7 Å². The van der Waals surface area contributed by atoms with E-state index in [0.717, 1.165) is 42.8 Å². The molecule has 1 heterocycles. The van der Waals surface area contributed by atoms with E-state index in [1.54, 1.807) is 19.4 Å². The maximum Gasteiger partial charge on any atom is 0.269 e. The maximum atomic E-state index is 12.4. The summed E-state index contributed by atoms with van der Waals surface area (Å²) in [4.78, 5) is 16.6. The Kier molecular flexibility index (Phi) is 7.63. The Hall–Kier alpha value is -3.34. The number of hydrogen-bond donors (Lipinski definition) is 2. The van der Waals surface area contributed by atoms with E-state index in [4.69, 9.17) is 4.74 Å². The third kappa shape index (κ3) is 6.64. The van der Waals surface area contributed by atoms with E-state index in [9.17, 15) is 4.79 Å². The number of nitrogens with zero attached hydrogens (tertiary/aromatic N) is 1. The van der Waals surface area contributed by atoms with Gasteiger partial charge in [0.1, 0.15) is 11.4 Å². The van der Waals surface area contributed by atoms with Gasteiger partial charge in [-0.1, -0.05) is 42.5 Å². The molecule has 2 N–H and O–H groups in total. The number of anilines is 1. The highest BCUT2D eigenvalue weighted by molar-refractivity contribution is 5.93. The fourth-order valence-electron chi connectivity index (χ4n) is 3.07. The van der Waals surface area contributed by atoms with Crippen molar-refractivity contribution in [1.29, 1.82) is 0 Å². The van der Waals surface area contributed by atoms with Crippen molar-refractivity contribution in [3.63, 3.8) is 0 Å². The van der Waals surface area contributed by atoms with Gasteiger partial charge in [-0.25, -0.2) is 0 Å². The van der Waals surface area contributed by atoms with Gasteiger partial charge in [-0.2, -0.15) is 0 Å². The number of carbonyl (C=O) groups is 1. The SMILES string of the molecule is COc1cccc(CCNC(=O)c2cc(NCCCc3ccccc3)ccn2)c1. The summed E-state index contributed by atoms with van der Waals surface area (Å²) in [6.07, 6.45) is 4.45. The number of methoxy groups -OCH3 is 1. The lowest BCUT2D eigenvalue weighted by atomic mass is 10.1. The van der Waals surface area contributed by atoms with E-state index in [0.29, 0.717) is 12.2 Å². The second-order valence-electron chi connectivity index (χ2n) is 6.80. The first-order chi connectivity index (χ1) is 14.2. The van der Waals surface area contributed by atoms with E-state index in [2.05, 4.69) is 39.9 Å². The number of amides is 1. The first kappa shape index (κ1) is 20.4. The molecule has 0 aliphatic rings. The Bertz CT molecular complexity index is 913. The molecule has 0 bridgehead atoms. The van der Waals surface area contributed by atoms with Crippen LogP contribution >= 0.6 is 0 Å². The number of aromatic nitrogens is 1. The first-order valence-corrected chi connectivity index (χ1v) is 9.89. The molecule has 29 heavy (non-hydrogen) atoms. The molecule has 3 aromatic rings. The highest BCUT2D eigenvalue weighted by atomic mass is 16.5. The molecule has 0 atom stereocenters. The average molecular weight is 389 g/mol. The number of rotatable bonds is 10. The molecule has 5 heteroatoms. The smallest absolute Gasteiger partial charge is 0.269 e. The van der Waals surface area contributed by atoms with Crippen molar-refractivity contribution in [2.75, 3.05) is 25.5 Å². The molecule has 0 saturated carbocycles. The number of nitrogens with one attached hydrogen (secondary N) is 2. The molecule has 0 spiro atoms. The molecule has 3 rings (SSSR count). The Morgan fingerprint density at radius 1 is 0.931 bits per heavy atom. The van der Waals surface area contributed by atoms with Gasteiger partial charge in [0.2, 0.25) is 0 Å². The molecular weight excluding hydrogens is 362 g/mol. The number of hydrogen-bond acceptors (Lipinski definition) is 4. The molecule has 1 aromatic heterocycles. The van der Waals surface area contributed by atoms with Crippen LogP contribution in [0.5, 0.6) is 5.75 Å². The van der Waals surface area contributed by atoms with Gasteiger partial charge in [0.05, 0.1) is 7.11 Å². The summed E-state index contributed by atoms with van der Waals surface area (Å²) >= 11 is 0. The zero-order valence-electron chi connectivity index (χ0n) is 16.7. The molecule has 2 aromatic carbocycles. The fraction of sp³-hybridized carbons (Fsp3) is 0.250. The van der Waals surface area contributed by atoms with Gasteiger partial charge in [-0.15, -0.1) is 0 Å². The number of benzene rings is 2. The molecule has 0 unspecified atom stereocenters. The first-order valence-electron chi connectivity index (χ1n) is 9.89. The van der Waals surface area contributed by atoms with Crippen molar-refractivity contribution in [2.45, 2.75) is 19.3 Å². The van der Waals surface area contributed by atoms with Crippen LogP contribution in [-0.2, 0) is 12.8 Å². The normalized spacial score (nSPS) is 10.4. The van der Waals surface area contributed by atoms with E-state index in [-0.39, 0.29) is 5.91 Å². The third-order valence-corrected chi connectivity index (χ3v) is 4.64. The Labute approximate surface area is 172 Å². The van der Waals surface area contributed by atoms with E-state index in [1.807, 2.05) is 36.4 Å². The topological polar surface area (TPSA) is 63.2 Å². The summed E-state index contributed by atoms with van der Waals surface area (Å²) in [5.74, 6) is 0.655. The van der Waals surface area contributed by atoms with E-state index >= 15 is 0 Å².